The van der Waals surface area contributed by atoms with Crippen LogP contribution in [0.4, 0.5) is 4.79 Å². The highest BCUT2D eigenvalue weighted by atomic mass is 32.1. The third kappa shape index (κ3) is 2.04. The second-order valence-corrected chi connectivity index (χ2v) is 7.81. The van der Waals surface area contributed by atoms with Gasteiger partial charge < -0.3 is 9.73 Å². The predicted molar refractivity (Wildman–Crippen MR) is 87.1 cm³/mol. The maximum absolute atomic E-state index is 13.0. The smallest absolute Gasteiger partial charge is 0.325 e. The molecule has 3 amide bonds. The number of nitrogens with one attached hydrogen (secondary N) is 1. The number of rotatable bonds is 5. The van der Waals surface area contributed by atoms with Crippen LogP contribution in [0.2, 0.25) is 0 Å². The minimum absolute atomic E-state index is 0.0711. The summed E-state index contributed by atoms with van der Waals surface area (Å²) < 4.78 is 5.49. The quantitative estimate of drug-likeness (QED) is 0.847. The number of nitrogens with zero attached hydrogens (tertiary/aromatic N) is 2. The molecule has 0 spiro atoms. The standard InChI is InChI=1S/C17H17N3O3S/c21-15-17(10-3-4-10,11-5-6-11)19-16(22)20(15)8-12-9-23-14(18-12)13-2-1-7-24-13/h1-2,7,9-11H,3-6,8H2,(H,19,22). The molecule has 3 fully saturated rings. The molecule has 0 atom stereocenters. The van der Waals surface area contributed by atoms with Gasteiger partial charge in [0.05, 0.1) is 17.1 Å². The number of thiophene rings is 1. The van der Waals surface area contributed by atoms with Crippen LogP contribution in [0.25, 0.3) is 10.8 Å². The van der Waals surface area contributed by atoms with E-state index in [9.17, 15) is 9.59 Å². The van der Waals surface area contributed by atoms with Gasteiger partial charge in [0.15, 0.2) is 0 Å². The Bertz CT molecular complexity index is 793. The van der Waals surface area contributed by atoms with Crippen LogP contribution < -0.4 is 5.32 Å². The number of amides is 3. The number of hydrogen-bond acceptors (Lipinski definition) is 5. The minimum atomic E-state index is -0.641. The average molecular weight is 343 g/mol. The normalized spacial score (nSPS) is 22.9. The first kappa shape index (κ1) is 14.2. The van der Waals surface area contributed by atoms with Gasteiger partial charge in [0.1, 0.15) is 11.8 Å². The molecule has 6 nitrogen and oxygen atoms in total. The molecule has 3 aliphatic rings. The molecule has 0 radical (unpaired) electrons. The second-order valence-electron chi connectivity index (χ2n) is 6.86. The first-order chi connectivity index (χ1) is 11.7. The van der Waals surface area contributed by atoms with Crippen molar-refractivity contribution in [3.05, 3.63) is 29.5 Å². The average Bonchev–Trinajstić information content (AvgIpc) is 3.48. The summed E-state index contributed by atoms with van der Waals surface area (Å²) in [6, 6.07) is 3.57. The zero-order valence-corrected chi connectivity index (χ0v) is 13.8. The molecule has 24 heavy (non-hydrogen) atoms. The third-order valence-electron chi connectivity index (χ3n) is 5.20. The lowest BCUT2D eigenvalue weighted by Gasteiger charge is -2.26. The van der Waals surface area contributed by atoms with Crippen molar-refractivity contribution < 1.29 is 14.0 Å². The Kier molecular flexibility index (Phi) is 2.92. The number of imide groups is 1. The van der Waals surface area contributed by atoms with Crippen LogP contribution in [0.3, 0.4) is 0 Å². The lowest BCUT2D eigenvalue weighted by molar-refractivity contribution is -0.133. The van der Waals surface area contributed by atoms with Gasteiger partial charge in [0, 0.05) is 0 Å². The van der Waals surface area contributed by atoms with Gasteiger partial charge in [0.2, 0.25) is 5.89 Å². The minimum Gasteiger partial charge on any atom is -0.443 e. The fraction of sp³-hybridized carbons (Fsp3) is 0.471. The van der Waals surface area contributed by atoms with Gasteiger partial charge in [-0.3, -0.25) is 9.69 Å². The van der Waals surface area contributed by atoms with Gasteiger partial charge in [-0.05, 0) is 49.0 Å². The van der Waals surface area contributed by atoms with Gasteiger partial charge in [-0.15, -0.1) is 11.3 Å². The van der Waals surface area contributed by atoms with E-state index in [4.69, 9.17) is 4.42 Å². The molecule has 2 aliphatic carbocycles. The number of aromatic nitrogens is 1. The highest BCUT2D eigenvalue weighted by Gasteiger charge is 2.65. The summed E-state index contributed by atoms with van der Waals surface area (Å²) in [6.07, 6.45) is 5.65. The monoisotopic (exact) mass is 343 g/mol. The van der Waals surface area contributed by atoms with Crippen molar-refractivity contribution in [1.29, 1.82) is 0 Å². The van der Waals surface area contributed by atoms with Crippen LogP contribution in [0.1, 0.15) is 31.4 Å². The molecule has 1 saturated heterocycles. The van der Waals surface area contributed by atoms with Crippen molar-refractivity contribution in [3.63, 3.8) is 0 Å². The molecule has 1 N–H and O–H groups in total. The molecule has 0 unspecified atom stereocenters. The summed E-state index contributed by atoms with van der Waals surface area (Å²) in [5, 5.41) is 4.98. The van der Waals surface area contributed by atoms with E-state index in [-0.39, 0.29) is 18.5 Å². The largest absolute Gasteiger partial charge is 0.443 e. The summed E-state index contributed by atoms with van der Waals surface area (Å²) in [4.78, 5) is 32.1. The molecule has 124 valence electrons. The van der Waals surface area contributed by atoms with E-state index in [2.05, 4.69) is 10.3 Å². The molecule has 1 aliphatic heterocycles. The Morgan fingerprint density at radius 3 is 2.67 bits per heavy atom. The van der Waals surface area contributed by atoms with Gasteiger partial charge in [-0.25, -0.2) is 9.78 Å². The third-order valence-corrected chi connectivity index (χ3v) is 6.06. The van der Waals surface area contributed by atoms with E-state index in [0.717, 1.165) is 30.6 Å². The molecular weight excluding hydrogens is 326 g/mol. The van der Waals surface area contributed by atoms with Crippen LogP contribution >= 0.6 is 11.3 Å². The summed E-state index contributed by atoms with van der Waals surface area (Å²) in [6.45, 7) is 0.167. The van der Waals surface area contributed by atoms with Crippen molar-refractivity contribution in [2.45, 2.75) is 37.8 Å². The number of urea groups is 1. The Labute approximate surface area is 142 Å². The topological polar surface area (TPSA) is 75.4 Å². The molecule has 2 aromatic rings. The molecular formula is C17H17N3O3S. The first-order valence-electron chi connectivity index (χ1n) is 8.31. The molecule has 5 rings (SSSR count). The van der Waals surface area contributed by atoms with Crippen molar-refractivity contribution in [2.24, 2.45) is 11.8 Å². The summed E-state index contributed by atoms with van der Waals surface area (Å²) in [7, 11) is 0. The number of oxazole rings is 1. The number of carbonyl (C=O) groups is 2. The Morgan fingerprint density at radius 2 is 2.04 bits per heavy atom. The number of carbonyl (C=O) groups excluding carboxylic acids is 2. The van der Waals surface area contributed by atoms with E-state index in [0.29, 0.717) is 23.4 Å². The van der Waals surface area contributed by atoms with E-state index in [1.807, 2.05) is 17.5 Å². The van der Waals surface area contributed by atoms with Crippen molar-refractivity contribution in [2.75, 3.05) is 0 Å². The van der Waals surface area contributed by atoms with Crippen LogP contribution in [0.15, 0.2) is 28.2 Å². The zero-order chi connectivity index (χ0) is 16.3. The molecule has 0 bridgehead atoms. The van der Waals surface area contributed by atoms with Crippen LogP contribution in [0.5, 0.6) is 0 Å². The second kappa shape index (κ2) is 4.92. The van der Waals surface area contributed by atoms with E-state index in [1.165, 1.54) is 11.2 Å². The molecule has 2 aromatic heterocycles. The molecule has 0 aromatic carbocycles. The fourth-order valence-corrected chi connectivity index (χ4v) is 4.43. The van der Waals surface area contributed by atoms with Crippen LogP contribution in [0, 0.1) is 11.8 Å². The lowest BCUT2D eigenvalue weighted by atomic mass is 9.87. The molecule has 2 saturated carbocycles. The Hall–Kier alpha value is -2.15. The van der Waals surface area contributed by atoms with Crippen LogP contribution in [-0.4, -0.2) is 27.4 Å². The van der Waals surface area contributed by atoms with Gasteiger partial charge in [-0.2, -0.15) is 0 Å². The van der Waals surface area contributed by atoms with Crippen molar-refractivity contribution in [1.82, 2.24) is 15.2 Å². The van der Waals surface area contributed by atoms with Crippen molar-refractivity contribution >= 4 is 23.3 Å². The van der Waals surface area contributed by atoms with E-state index in [1.54, 1.807) is 11.3 Å². The highest BCUT2D eigenvalue weighted by molar-refractivity contribution is 7.13. The SMILES string of the molecule is O=C1NC(C2CC2)(C2CC2)C(=O)N1Cc1coc(-c2cccs2)n1. The predicted octanol–water partition coefficient (Wildman–Crippen LogP) is 3.01. The number of hydrogen-bond donors (Lipinski definition) is 1. The zero-order valence-electron chi connectivity index (χ0n) is 13.0. The van der Waals surface area contributed by atoms with E-state index < -0.39 is 5.54 Å². The highest BCUT2D eigenvalue weighted by Crippen LogP contribution is 2.54. The molecule has 7 heteroatoms. The molecule has 3 heterocycles. The van der Waals surface area contributed by atoms with Gasteiger partial charge >= 0.3 is 6.03 Å². The lowest BCUT2D eigenvalue weighted by Crippen LogP contribution is -2.51. The Balaban J connectivity index is 1.39. The van der Waals surface area contributed by atoms with Crippen LogP contribution in [-0.2, 0) is 11.3 Å². The maximum atomic E-state index is 13.0. The fourth-order valence-electron chi connectivity index (χ4n) is 3.78. The van der Waals surface area contributed by atoms with Crippen molar-refractivity contribution in [3.8, 4) is 10.8 Å². The maximum Gasteiger partial charge on any atom is 0.325 e. The van der Waals surface area contributed by atoms with Gasteiger partial charge in [-0.1, -0.05) is 6.07 Å². The van der Waals surface area contributed by atoms with Gasteiger partial charge in [0.25, 0.3) is 5.91 Å². The summed E-state index contributed by atoms with van der Waals surface area (Å²) >= 11 is 1.54. The summed E-state index contributed by atoms with van der Waals surface area (Å²) in [5.41, 5.74) is -0.0403. The Morgan fingerprint density at radius 1 is 1.29 bits per heavy atom. The first-order valence-corrected chi connectivity index (χ1v) is 9.19. The van der Waals surface area contributed by atoms with E-state index >= 15 is 0 Å². The summed E-state index contributed by atoms with van der Waals surface area (Å²) in [5.74, 6) is 1.08.